The smallest absolute Gasteiger partial charge is 0.326 e. The van der Waals surface area contributed by atoms with E-state index < -0.39 is 23.8 Å². The number of rotatable bonds is 7. The van der Waals surface area contributed by atoms with Gasteiger partial charge in [-0.1, -0.05) is 29.8 Å². The van der Waals surface area contributed by atoms with Crippen molar-refractivity contribution in [1.29, 1.82) is 0 Å². The van der Waals surface area contributed by atoms with Crippen molar-refractivity contribution in [2.45, 2.75) is 32.2 Å². The second kappa shape index (κ2) is 7.28. The molecule has 0 unspecified atom stereocenters. The molecule has 0 aliphatic rings. The maximum atomic E-state index is 11.8. The number of amides is 2. The fraction of sp³-hybridized carbons (Fsp3) is 0.357. The van der Waals surface area contributed by atoms with Crippen LogP contribution in [0.1, 0.15) is 24.0 Å². The Bertz CT molecular complexity index is 496. The van der Waals surface area contributed by atoms with Gasteiger partial charge < -0.3 is 16.2 Å². The van der Waals surface area contributed by atoms with Crippen LogP contribution in [0.5, 0.6) is 0 Å². The summed E-state index contributed by atoms with van der Waals surface area (Å²) in [5, 5.41) is 11.4. The topological polar surface area (TPSA) is 109 Å². The summed E-state index contributed by atoms with van der Waals surface area (Å²) in [4.78, 5) is 33.4. The molecule has 1 atom stereocenters. The average molecular weight is 278 g/mol. The lowest BCUT2D eigenvalue weighted by molar-refractivity contribution is -0.142. The molecule has 0 aliphatic heterocycles. The first-order valence-corrected chi connectivity index (χ1v) is 6.24. The van der Waals surface area contributed by atoms with E-state index in [9.17, 15) is 14.4 Å². The van der Waals surface area contributed by atoms with Crippen LogP contribution in [0.15, 0.2) is 24.3 Å². The Morgan fingerprint density at radius 2 is 1.85 bits per heavy atom. The van der Waals surface area contributed by atoms with Gasteiger partial charge in [0.2, 0.25) is 11.8 Å². The lowest BCUT2D eigenvalue weighted by atomic mass is 10.1. The molecule has 108 valence electrons. The predicted octanol–water partition coefficient (Wildman–Crippen LogP) is 0.372. The second-order valence-corrected chi connectivity index (χ2v) is 4.63. The van der Waals surface area contributed by atoms with Crippen LogP contribution in [0.4, 0.5) is 0 Å². The first-order chi connectivity index (χ1) is 9.38. The van der Waals surface area contributed by atoms with Gasteiger partial charge in [-0.15, -0.1) is 0 Å². The van der Waals surface area contributed by atoms with Crippen LogP contribution in [-0.4, -0.2) is 28.9 Å². The van der Waals surface area contributed by atoms with E-state index in [1.807, 2.05) is 31.2 Å². The van der Waals surface area contributed by atoms with Crippen LogP contribution in [0.25, 0.3) is 0 Å². The van der Waals surface area contributed by atoms with Gasteiger partial charge in [-0.25, -0.2) is 4.79 Å². The van der Waals surface area contributed by atoms with E-state index in [1.165, 1.54) is 0 Å². The Balaban J connectivity index is 2.55. The highest BCUT2D eigenvalue weighted by molar-refractivity contribution is 5.85. The lowest BCUT2D eigenvalue weighted by Crippen LogP contribution is -2.42. The molecule has 0 saturated carbocycles. The van der Waals surface area contributed by atoms with Crippen LogP contribution >= 0.6 is 0 Å². The number of carboxylic acid groups (broad SMARTS) is 1. The molecule has 1 aromatic carbocycles. The maximum Gasteiger partial charge on any atom is 0.326 e. The summed E-state index contributed by atoms with van der Waals surface area (Å²) < 4.78 is 0. The Labute approximate surface area is 117 Å². The van der Waals surface area contributed by atoms with Gasteiger partial charge >= 0.3 is 5.97 Å². The Kier molecular flexibility index (Phi) is 5.71. The number of nitrogens with two attached hydrogens (primary N) is 1. The van der Waals surface area contributed by atoms with E-state index in [-0.39, 0.29) is 19.3 Å². The summed E-state index contributed by atoms with van der Waals surface area (Å²) in [7, 11) is 0. The Morgan fingerprint density at radius 3 is 2.35 bits per heavy atom. The van der Waals surface area contributed by atoms with Gasteiger partial charge in [-0.05, 0) is 18.9 Å². The van der Waals surface area contributed by atoms with Crippen molar-refractivity contribution >= 4 is 17.8 Å². The van der Waals surface area contributed by atoms with Crippen molar-refractivity contribution in [3.05, 3.63) is 35.4 Å². The number of benzene rings is 1. The van der Waals surface area contributed by atoms with Gasteiger partial charge in [0.25, 0.3) is 0 Å². The summed E-state index contributed by atoms with van der Waals surface area (Å²) >= 11 is 0. The van der Waals surface area contributed by atoms with E-state index in [2.05, 4.69) is 5.32 Å². The molecule has 6 nitrogen and oxygen atoms in total. The molecule has 0 radical (unpaired) electrons. The van der Waals surface area contributed by atoms with Gasteiger partial charge in [-0.2, -0.15) is 0 Å². The molecular weight excluding hydrogens is 260 g/mol. The lowest BCUT2D eigenvalue weighted by Gasteiger charge is -2.13. The molecule has 0 fully saturated rings. The minimum Gasteiger partial charge on any atom is -0.480 e. The zero-order valence-corrected chi connectivity index (χ0v) is 11.3. The van der Waals surface area contributed by atoms with Gasteiger partial charge in [0.1, 0.15) is 6.04 Å². The van der Waals surface area contributed by atoms with E-state index in [4.69, 9.17) is 10.8 Å². The van der Waals surface area contributed by atoms with Crippen LogP contribution in [0, 0.1) is 6.92 Å². The van der Waals surface area contributed by atoms with E-state index in [0.29, 0.717) is 0 Å². The zero-order chi connectivity index (χ0) is 15.1. The molecule has 20 heavy (non-hydrogen) atoms. The minimum atomic E-state index is -1.18. The normalized spacial score (nSPS) is 11.7. The van der Waals surface area contributed by atoms with Crippen molar-refractivity contribution < 1.29 is 19.5 Å². The molecule has 6 heteroatoms. The number of primary amides is 1. The fourth-order valence-corrected chi connectivity index (χ4v) is 1.68. The van der Waals surface area contributed by atoms with Gasteiger partial charge in [-0.3, -0.25) is 9.59 Å². The highest BCUT2D eigenvalue weighted by atomic mass is 16.4. The van der Waals surface area contributed by atoms with Crippen LogP contribution in [0.2, 0.25) is 0 Å². The summed E-state index contributed by atoms with van der Waals surface area (Å²) in [6.07, 6.45) is 0.00666. The average Bonchev–Trinajstić information content (AvgIpc) is 2.36. The van der Waals surface area contributed by atoms with Crippen LogP contribution in [-0.2, 0) is 20.8 Å². The number of hydrogen-bond donors (Lipinski definition) is 3. The largest absolute Gasteiger partial charge is 0.480 e. The molecule has 0 saturated heterocycles. The molecule has 2 amide bonds. The third-order valence-corrected chi connectivity index (χ3v) is 2.80. The zero-order valence-electron chi connectivity index (χ0n) is 11.3. The van der Waals surface area contributed by atoms with Crippen molar-refractivity contribution in [2.75, 3.05) is 0 Å². The molecule has 0 bridgehead atoms. The van der Waals surface area contributed by atoms with E-state index in [0.717, 1.165) is 11.1 Å². The Hall–Kier alpha value is -2.37. The standard InChI is InChI=1S/C14H18N2O4/c1-9-2-4-10(5-3-9)8-13(18)16-11(14(19)20)6-7-12(15)17/h2-5,11H,6-8H2,1H3,(H2,15,17)(H,16,18)(H,19,20)/t11-/m1/s1. The number of hydrogen-bond acceptors (Lipinski definition) is 3. The number of carbonyl (C=O) groups excluding carboxylic acids is 2. The van der Waals surface area contributed by atoms with Gasteiger partial charge in [0.05, 0.1) is 6.42 Å². The molecular formula is C14H18N2O4. The summed E-state index contributed by atoms with van der Waals surface area (Å²) in [5.74, 6) is -2.17. The number of carboxylic acids is 1. The van der Waals surface area contributed by atoms with Crippen molar-refractivity contribution in [1.82, 2.24) is 5.32 Å². The first-order valence-electron chi connectivity index (χ1n) is 6.24. The summed E-state index contributed by atoms with van der Waals surface area (Å²) in [6, 6.07) is 6.29. The minimum absolute atomic E-state index is 0.00962. The molecule has 0 aromatic heterocycles. The van der Waals surface area contributed by atoms with Crippen LogP contribution in [0.3, 0.4) is 0 Å². The molecule has 0 aliphatic carbocycles. The van der Waals surface area contributed by atoms with Crippen LogP contribution < -0.4 is 11.1 Å². The molecule has 4 N–H and O–H groups in total. The quantitative estimate of drug-likeness (QED) is 0.669. The number of aryl methyl sites for hydroxylation is 1. The predicted molar refractivity (Wildman–Crippen MR) is 72.9 cm³/mol. The Morgan fingerprint density at radius 1 is 1.25 bits per heavy atom. The fourth-order valence-electron chi connectivity index (χ4n) is 1.68. The van der Waals surface area contributed by atoms with E-state index in [1.54, 1.807) is 0 Å². The van der Waals surface area contributed by atoms with Gasteiger partial charge in [0, 0.05) is 6.42 Å². The molecule has 1 rings (SSSR count). The van der Waals surface area contributed by atoms with E-state index >= 15 is 0 Å². The highest BCUT2D eigenvalue weighted by Crippen LogP contribution is 2.05. The van der Waals surface area contributed by atoms with Crippen molar-refractivity contribution in [3.63, 3.8) is 0 Å². The SMILES string of the molecule is Cc1ccc(CC(=O)N[C@H](CCC(N)=O)C(=O)O)cc1. The molecule has 0 heterocycles. The maximum absolute atomic E-state index is 11.8. The monoisotopic (exact) mass is 278 g/mol. The third-order valence-electron chi connectivity index (χ3n) is 2.80. The summed E-state index contributed by atoms with van der Waals surface area (Å²) in [5.41, 5.74) is 6.85. The molecule has 1 aromatic rings. The number of nitrogens with one attached hydrogen (secondary N) is 1. The second-order valence-electron chi connectivity index (χ2n) is 4.63. The third kappa shape index (κ3) is 5.51. The van der Waals surface area contributed by atoms with Gasteiger partial charge in [0.15, 0.2) is 0 Å². The highest BCUT2D eigenvalue weighted by Gasteiger charge is 2.20. The van der Waals surface area contributed by atoms with Crippen molar-refractivity contribution in [3.8, 4) is 0 Å². The molecule has 0 spiro atoms. The first kappa shape index (κ1) is 15.7. The number of carbonyl (C=O) groups is 3. The van der Waals surface area contributed by atoms with Crippen molar-refractivity contribution in [2.24, 2.45) is 5.73 Å². The summed E-state index contributed by atoms with van der Waals surface area (Å²) in [6.45, 7) is 1.94. The number of aliphatic carboxylic acids is 1.